The molecule has 1 nitrogen and oxygen atoms in total. The Bertz CT molecular complexity index is 566. The minimum atomic E-state index is -0.152. The van der Waals surface area contributed by atoms with Gasteiger partial charge in [-0.15, -0.1) is 11.8 Å². The van der Waals surface area contributed by atoms with E-state index in [0.717, 1.165) is 16.9 Å². The number of rotatable bonds is 5. The van der Waals surface area contributed by atoms with E-state index < -0.39 is 0 Å². The molecule has 0 saturated carbocycles. The van der Waals surface area contributed by atoms with Gasteiger partial charge in [0.1, 0.15) is 5.82 Å². The van der Waals surface area contributed by atoms with Gasteiger partial charge < -0.3 is 5.32 Å². The molecular formula is C17H20FNS. The van der Waals surface area contributed by atoms with Gasteiger partial charge in [-0.05, 0) is 54.6 Å². The van der Waals surface area contributed by atoms with E-state index >= 15 is 0 Å². The number of hydrogen-bond donors (Lipinski definition) is 1. The Morgan fingerprint density at radius 3 is 2.30 bits per heavy atom. The van der Waals surface area contributed by atoms with Crippen molar-refractivity contribution in [2.45, 2.75) is 24.8 Å². The lowest BCUT2D eigenvalue weighted by Gasteiger charge is -2.18. The summed E-state index contributed by atoms with van der Waals surface area (Å²) in [5.41, 5.74) is 2.78. The normalized spacial score (nSPS) is 12.4. The summed E-state index contributed by atoms with van der Waals surface area (Å²) < 4.78 is 13.7. The SMILES string of the molecule is CCSc1ccc(C(NC)c2ccc(C)c(F)c2)cc1. The van der Waals surface area contributed by atoms with Crippen LogP contribution in [0.3, 0.4) is 0 Å². The molecule has 0 aliphatic rings. The summed E-state index contributed by atoms with van der Waals surface area (Å²) in [4.78, 5) is 1.26. The Balaban J connectivity index is 2.29. The van der Waals surface area contributed by atoms with E-state index in [4.69, 9.17) is 0 Å². The lowest BCUT2D eigenvalue weighted by atomic mass is 9.98. The Hall–Kier alpha value is -1.32. The van der Waals surface area contributed by atoms with Crippen molar-refractivity contribution < 1.29 is 4.39 Å². The molecule has 0 fully saturated rings. The molecule has 0 aliphatic carbocycles. The minimum Gasteiger partial charge on any atom is -0.309 e. The van der Waals surface area contributed by atoms with Crippen LogP contribution in [0.25, 0.3) is 0 Å². The molecule has 0 radical (unpaired) electrons. The van der Waals surface area contributed by atoms with E-state index in [0.29, 0.717) is 5.56 Å². The smallest absolute Gasteiger partial charge is 0.126 e. The number of benzene rings is 2. The molecule has 0 bridgehead atoms. The summed E-state index contributed by atoms with van der Waals surface area (Å²) >= 11 is 1.82. The quantitative estimate of drug-likeness (QED) is 0.810. The molecule has 2 aromatic rings. The molecule has 0 heterocycles. The molecule has 20 heavy (non-hydrogen) atoms. The van der Waals surface area contributed by atoms with Crippen molar-refractivity contribution in [2.75, 3.05) is 12.8 Å². The Morgan fingerprint density at radius 1 is 1.10 bits per heavy atom. The summed E-state index contributed by atoms with van der Waals surface area (Å²) in [6.45, 7) is 3.92. The van der Waals surface area contributed by atoms with Crippen LogP contribution in [0.4, 0.5) is 4.39 Å². The van der Waals surface area contributed by atoms with Crippen LogP contribution in [0, 0.1) is 12.7 Å². The van der Waals surface area contributed by atoms with E-state index in [2.05, 4.69) is 36.5 Å². The summed E-state index contributed by atoms with van der Waals surface area (Å²) in [5.74, 6) is 0.916. The van der Waals surface area contributed by atoms with Crippen molar-refractivity contribution in [1.82, 2.24) is 5.32 Å². The highest BCUT2D eigenvalue weighted by Gasteiger charge is 2.13. The van der Waals surface area contributed by atoms with Gasteiger partial charge in [0.2, 0.25) is 0 Å². The maximum Gasteiger partial charge on any atom is 0.126 e. The molecule has 0 aromatic heterocycles. The second-order valence-electron chi connectivity index (χ2n) is 4.73. The fourth-order valence-corrected chi connectivity index (χ4v) is 2.90. The molecule has 0 amide bonds. The van der Waals surface area contributed by atoms with E-state index in [1.54, 1.807) is 13.0 Å². The third kappa shape index (κ3) is 3.41. The molecule has 0 saturated heterocycles. The van der Waals surface area contributed by atoms with Crippen molar-refractivity contribution in [2.24, 2.45) is 0 Å². The van der Waals surface area contributed by atoms with Gasteiger partial charge in [0.15, 0.2) is 0 Å². The van der Waals surface area contributed by atoms with Crippen LogP contribution in [0.1, 0.15) is 29.7 Å². The molecule has 2 rings (SSSR count). The zero-order valence-corrected chi connectivity index (χ0v) is 12.9. The number of aryl methyl sites for hydroxylation is 1. The van der Waals surface area contributed by atoms with Gasteiger partial charge in [-0.2, -0.15) is 0 Å². The lowest BCUT2D eigenvalue weighted by Crippen LogP contribution is -2.17. The zero-order valence-electron chi connectivity index (χ0n) is 12.1. The Morgan fingerprint density at radius 2 is 1.75 bits per heavy atom. The fourth-order valence-electron chi connectivity index (χ4n) is 2.24. The molecule has 1 unspecified atom stereocenters. The lowest BCUT2D eigenvalue weighted by molar-refractivity contribution is 0.608. The summed E-state index contributed by atoms with van der Waals surface area (Å²) in [7, 11) is 1.90. The average Bonchev–Trinajstić information content (AvgIpc) is 2.46. The largest absolute Gasteiger partial charge is 0.309 e. The monoisotopic (exact) mass is 289 g/mol. The third-order valence-corrected chi connectivity index (χ3v) is 4.24. The average molecular weight is 289 g/mol. The van der Waals surface area contributed by atoms with Gasteiger partial charge in [-0.25, -0.2) is 4.39 Å². The number of halogens is 1. The Kier molecular flexibility index (Phi) is 5.21. The molecule has 1 atom stereocenters. The highest BCUT2D eigenvalue weighted by molar-refractivity contribution is 7.99. The van der Waals surface area contributed by atoms with Crippen LogP contribution >= 0.6 is 11.8 Å². The number of thioether (sulfide) groups is 1. The summed E-state index contributed by atoms with van der Waals surface area (Å²) in [5, 5.41) is 3.26. The summed E-state index contributed by atoms with van der Waals surface area (Å²) in [6.07, 6.45) is 0. The standard InChI is InChI=1S/C17H20FNS/c1-4-20-15-9-7-13(8-10-15)17(19-3)14-6-5-12(2)16(18)11-14/h5-11,17,19H,4H2,1-3H3. The van der Waals surface area contributed by atoms with Gasteiger partial charge in [0, 0.05) is 4.90 Å². The zero-order chi connectivity index (χ0) is 14.5. The predicted molar refractivity (Wildman–Crippen MR) is 84.9 cm³/mol. The first kappa shape index (κ1) is 15.1. The van der Waals surface area contributed by atoms with Gasteiger partial charge in [0.25, 0.3) is 0 Å². The molecule has 0 aliphatic heterocycles. The maximum atomic E-state index is 13.7. The Labute approximate surface area is 124 Å². The van der Waals surface area contributed by atoms with E-state index in [1.807, 2.05) is 30.9 Å². The third-order valence-electron chi connectivity index (χ3n) is 3.34. The van der Waals surface area contributed by atoms with Crippen LogP contribution in [0.2, 0.25) is 0 Å². The van der Waals surface area contributed by atoms with E-state index in [9.17, 15) is 4.39 Å². The highest BCUT2D eigenvalue weighted by Crippen LogP contribution is 2.26. The van der Waals surface area contributed by atoms with Crippen LogP contribution in [0.5, 0.6) is 0 Å². The van der Waals surface area contributed by atoms with E-state index in [-0.39, 0.29) is 11.9 Å². The maximum absolute atomic E-state index is 13.7. The topological polar surface area (TPSA) is 12.0 Å². The van der Waals surface area contributed by atoms with Crippen molar-refractivity contribution in [3.63, 3.8) is 0 Å². The molecule has 2 aromatic carbocycles. The van der Waals surface area contributed by atoms with Crippen LogP contribution < -0.4 is 5.32 Å². The van der Waals surface area contributed by atoms with Gasteiger partial charge in [0.05, 0.1) is 6.04 Å². The van der Waals surface area contributed by atoms with Crippen LogP contribution in [0.15, 0.2) is 47.4 Å². The van der Waals surface area contributed by atoms with Gasteiger partial charge >= 0.3 is 0 Å². The van der Waals surface area contributed by atoms with Crippen LogP contribution in [-0.4, -0.2) is 12.8 Å². The molecule has 0 spiro atoms. The first-order valence-corrected chi connectivity index (χ1v) is 7.80. The van der Waals surface area contributed by atoms with Crippen molar-refractivity contribution in [1.29, 1.82) is 0 Å². The van der Waals surface area contributed by atoms with Crippen molar-refractivity contribution >= 4 is 11.8 Å². The number of hydrogen-bond acceptors (Lipinski definition) is 2. The minimum absolute atomic E-state index is 0.0192. The van der Waals surface area contributed by atoms with Crippen LogP contribution in [-0.2, 0) is 0 Å². The molecule has 106 valence electrons. The molecule has 3 heteroatoms. The van der Waals surface area contributed by atoms with Crippen molar-refractivity contribution in [3.05, 3.63) is 65.0 Å². The van der Waals surface area contributed by atoms with Gasteiger partial charge in [-0.1, -0.05) is 31.2 Å². The second-order valence-corrected chi connectivity index (χ2v) is 6.07. The predicted octanol–water partition coefficient (Wildman–Crippen LogP) is 4.55. The first-order valence-electron chi connectivity index (χ1n) is 6.81. The number of nitrogens with one attached hydrogen (secondary N) is 1. The van der Waals surface area contributed by atoms with Crippen molar-refractivity contribution in [3.8, 4) is 0 Å². The first-order chi connectivity index (χ1) is 9.65. The highest BCUT2D eigenvalue weighted by atomic mass is 32.2. The fraction of sp³-hybridized carbons (Fsp3) is 0.294. The summed E-state index contributed by atoms with van der Waals surface area (Å²) in [6, 6.07) is 13.9. The van der Waals surface area contributed by atoms with E-state index in [1.165, 1.54) is 4.90 Å². The molecular weight excluding hydrogens is 269 g/mol. The van der Waals surface area contributed by atoms with Gasteiger partial charge in [-0.3, -0.25) is 0 Å². The second kappa shape index (κ2) is 6.91. The molecule has 1 N–H and O–H groups in total.